The van der Waals surface area contributed by atoms with E-state index in [-0.39, 0.29) is 43.5 Å². The number of fused-ring (bicyclic) bond motifs is 1. The lowest BCUT2D eigenvalue weighted by molar-refractivity contribution is -0.139. The highest BCUT2D eigenvalue weighted by Crippen LogP contribution is 2.33. The maximum absolute atomic E-state index is 13.3. The third kappa shape index (κ3) is 5.47. The van der Waals surface area contributed by atoms with Gasteiger partial charge in [0, 0.05) is 18.7 Å². The summed E-state index contributed by atoms with van der Waals surface area (Å²) < 4.78 is 0. The molecule has 36 heavy (non-hydrogen) atoms. The third-order valence-corrected chi connectivity index (χ3v) is 7.18. The monoisotopic (exact) mass is 564 g/mol. The number of hydrogen-bond acceptors (Lipinski definition) is 3. The Morgan fingerprint density at radius 3 is 2.06 bits per heavy atom. The molecule has 0 fully saturated rings. The highest BCUT2D eigenvalue weighted by molar-refractivity contribution is 6.41. The zero-order valence-electron chi connectivity index (χ0n) is 18.7. The van der Waals surface area contributed by atoms with Gasteiger partial charge in [-0.05, 0) is 54.3 Å². The number of nitrogens with one attached hydrogen (secondary N) is 1. The first kappa shape index (κ1) is 26.3. The molecule has 1 atom stereocenters. The van der Waals surface area contributed by atoms with Gasteiger partial charge in [0.2, 0.25) is 0 Å². The third-order valence-electron chi connectivity index (χ3n) is 5.92. The number of carboxylic acid groups (broad SMARTS) is 1. The topological polar surface area (TPSA) is 86.7 Å². The molecule has 3 aromatic carbocycles. The van der Waals surface area contributed by atoms with Gasteiger partial charge in [-0.3, -0.25) is 9.59 Å². The maximum atomic E-state index is 13.3. The van der Waals surface area contributed by atoms with Crippen molar-refractivity contribution in [2.24, 2.45) is 0 Å². The summed E-state index contributed by atoms with van der Waals surface area (Å²) in [7, 11) is 0. The van der Waals surface area contributed by atoms with Crippen LogP contribution in [0.1, 0.15) is 38.3 Å². The van der Waals surface area contributed by atoms with E-state index in [9.17, 15) is 19.5 Å². The van der Waals surface area contributed by atoms with Crippen LogP contribution in [0.25, 0.3) is 0 Å². The minimum absolute atomic E-state index is 0.0184. The van der Waals surface area contributed by atoms with Gasteiger partial charge in [-0.25, -0.2) is 4.79 Å². The fourth-order valence-electron chi connectivity index (χ4n) is 4.21. The second kappa shape index (κ2) is 11.1. The predicted molar refractivity (Wildman–Crippen MR) is 142 cm³/mol. The molecule has 0 saturated carbocycles. The number of carbonyl (C=O) groups excluding carboxylic acids is 2. The van der Waals surface area contributed by atoms with Crippen LogP contribution in [0, 0.1) is 0 Å². The van der Waals surface area contributed by atoms with E-state index in [1.165, 1.54) is 12.1 Å². The van der Waals surface area contributed by atoms with Crippen molar-refractivity contribution in [3.63, 3.8) is 0 Å². The average Bonchev–Trinajstić information content (AvgIpc) is 2.82. The maximum Gasteiger partial charge on any atom is 0.326 e. The van der Waals surface area contributed by atoms with Gasteiger partial charge in [-0.15, -0.1) is 0 Å². The van der Waals surface area contributed by atoms with Crippen molar-refractivity contribution in [2.45, 2.75) is 25.3 Å². The number of anilines is 1. The van der Waals surface area contributed by atoms with Crippen molar-refractivity contribution < 1.29 is 19.5 Å². The van der Waals surface area contributed by atoms with Crippen LogP contribution in [0.3, 0.4) is 0 Å². The second-order valence-corrected chi connectivity index (χ2v) is 9.91. The quantitative estimate of drug-likeness (QED) is 0.366. The molecule has 2 amide bonds. The highest BCUT2D eigenvalue weighted by atomic mass is 35.5. The summed E-state index contributed by atoms with van der Waals surface area (Å²) >= 11 is 24.7. The average molecular weight is 566 g/mol. The SMILES string of the molecule is O=C(NC(Cc1ccc2c(c1)CCCN2C(=O)c1c(Cl)cccc1Cl)C(=O)O)c1c(Cl)cccc1Cl. The van der Waals surface area contributed by atoms with Crippen LogP contribution in [0.5, 0.6) is 0 Å². The van der Waals surface area contributed by atoms with E-state index in [4.69, 9.17) is 46.4 Å². The number of carboxylic acids is 1. The molecule has 6 nitrogen and oxygen atoms in total. The first-order valence-electron chi connectivity index (χ1n) is 11.0. The summed E-state index contributed by atoms with van der Waals surface area (Å²) in [4.78, 5) is 39.6. The molecule has 0 aromatic heterocycles. The molecule has 1 aliphatic heterocycles. The number of carbonyl (C=O) groups is 3. The predicted octanol–water partition coefficient (Wildman–Crippen LogP) is 6.32. The molecule has 3 aromatic rings. The van der Waals surface area contributed by atoms with E-state index in [1.54, 1.807) is 41.3 Å². The summed E-state index contributed by atoms with van der Waals surface area (Å²) in [6, 6.07) is 13.7. The number of benzene rings is 3. The van der Waals surface area contributed by atoms with Gasteiger partial charge in [0.1, 0.15) is 6.04 Å². The summed E-state index contributed by atoms with van der Waals surface area (Å²) in [5, 5.41) is 13.0. The molecule has 0 radical (unpaired) electrons. The Morgan fingerprint density at radius 2 is 1.47 bits per heavy atom. The summed E-state index contributed by atoms with van der Waals surface area (Å²) in [5.74, 6) is -2.18. The first-order valence-corrected chi connectivity index (χ1v) is 12.5. The molecule has 4 rings (SSSR count). The molecule has 0 aliphatic carbocycles. The van der Waals surface area contributed by atoms with Gasteiger partial charge in [0.25, 0.3) is 11.8 Å². The molecule has 10 heteroatoms. The van der Waals surface area contributed by atoms with Crippen molar-refractivity contribution in [1.29, 1.82) is 0 Å². The number of halogens is 4. The first-order chi connectivity index (χ1) is 17.2. The molecule has 1 unspecified atom stereocenters. The lowest BCUT2D eigenvalue weighted by Gasteiger charge is -2.30. The van der Waals surface area contributed by atoms with Gasteiger partial charge in [0.05, 0.1) is 31.2 Å². The number of aliphatic carboxylic acids is 1. The summed E-state index contributed by atoms with van der Waals surface area (Å²) in [5.41, 5.74) is 2.55. The molecule has 0 spiro atoms. The Balaban J connectivity index is 1.56. The van der Waals surface area contributed by atoms with Gasteiger partial charge in [-0.1, -0.05) is 70.7 Å². The number of rotatable bonds is 6. The number of hydrogen-bond donors (Lipinski definition) is 2. The molecule has 0 bridgehead atoms. The molecule has 2 N–H and O–H groups in total. The largest absolute Gasteiger partial charge is 0.480 e. The summed E-state index contributed by atoms with van der Waals surface area (Å²) in [6.07, 6.45) is 1.46. The van der Waals surface area contributed by atoms with Crippen molar-refractivity contribution >= 4 is 69.9 Å². The van der Waals surface area contributed by atoms with Crippen molar-refractivity contribution in [3.05, 3.63) is 96.9 Å². The summed E-state index contributed by atoms with van der Waals surface area (Å²) in [6.45, 7) is 0.499. The Labute approximate surface area is 227 Å². The number of aryl methyl sites for hydroxylation is 1. The van der Waals surface area contributed by atoms with Crippen LogP contribution in [0.15, 0.2) is 54.6 Å². The van der Waals surface area contributed by atoms with Crippen LogP contribution >= 0.6 is 46.4 Å². The zero-order chi connectivity index (χ0) is 26.0. The molecular weight excluding hydrogens is 546 g/mol. The molecule has 1 aliphatic rings. The lowest BCUT2D eigenvalue weighted by atomic mass is 9.95. The van der Waals surface area contributed by atoms with Gasteiger partial charge in [-0.2, -0.15) is 0 Å². The van der Waals surface area contributed by atoms with E-state index in [1.807, 2.05) is 6.07 Å². The van der Waals surface area contributed by atoms with E-state index >= 15 is 0 Å². The second-order valence-electron chi connectivity index (χ2n) is 8.29. The molecule has 1 heterocycles. The smallest absolute Gasteiger partial charge is 0.326 e. The molecule has 0 saturated heterocycles. The Morgan fingerprint density at radius 1 is 0.889 bits per heavy atom. The number of amides is 2. The van der Waals surface area contributed by atoms with Gasteiger partial charge in [0.15, 0.2) is 0 Å². The highest BCUT2D eigenvalue weighted by Gasteiger charge is 2.28. The fourth-order valence-corrected chi connectivity index (χ4v) is 5.33. The number of nitrogens with zero attached hydrogens (tertiary/aromatic N) is 1. The van der Waals surface area contributed by atoms with Crippen LogP contribution in [0.4, 0.5) is 5.69 Å². The van der Waals surface area contributed by atoms with E-state index in [0.717, 1.165) is 5.56 Å². The van der Waals surface area contributed by atoms with Crippen LogP contribution < -0.4 is 10.2 Å². The van der Waals surface area contributed by atoms with E-state index < -0.39 is 17.9 Å². The van der Waals surface area contributed by atoms with E-state index in [2.05, 4.69) is 5.32 Å². The standard InChI is InChI=1S/C26H20Cl4N2O4/c27-16-5-1-6-17(28)22(16)24(33)31-20(26(35)36)13-14-9-10-21-15(12-14)4-3-11-32(21)25(34)23-18(29)7-2-8-19(23)30/h1-2,5-10,12,20H,3-4,11,13H2,(H,31,33)(H,35,36). The molecular formula is C26H20Cl4N2O4. The van der Waals surface area contributed by atoms with E-state index in [0.29, 0.717) is 30.6 Å². The minimum atomic E-state index is -1.22. The Kier molecular flexibility index (Phi) is 8.10. The van der Waals surface area contributed by atoms with Crippen molar-refractivity contribution in [3.8, 4) is 0 Å². The van der Waals surface area contributed by atoms with Crippen LogP contribution in [-0.4, -0.2) is 35.5 Å². The fraction of sp³-hybridized carbons (Fsp3) is 0.192. The Hall–Kier alpha value is -2.77. The minimum Gasteiger partial charge on any atom is -0.480 e. The van der Waals surface area contributed by atoms with Gasteiger partial charge < -0.3 is 15.3 Å². The van der Waals surface area contributed by atoms with Crippen LogP contribution in [-0.2, 0) is 17.6 Å². The molecule has 186 valence electrons. The lowest BCUT2D eigenvalue weighted by Crippen LogP contribution is -2.42. The zero-order valence-corrected chi connectivity index (χ0v) is 21.8. The van der Waals surface area contributed by atoms with Crippen LogP contribution in [0.2, 0.25) is 20.1 Å². The Bertz CT molecular complexity index is 1320. The van der Waals surface area contributed by atoms with Crippen molar-refractivity contribution in [1.82, 2.24) is 5.32 Å². The van der Waals surface area contributed by atoms with Gasteiger partial charge >= 0.3 is 5.97 Å². The van der Waals surface area contributed by atoms with Crippen molar-refractivity contribution in [2.75, 3.05) is 11.4 Å². The normalized spacial score (nSPS) is 13.6.